The zero-order valence-electron chi connectivity index (χ0n) is 14.6. The number of hydrogen-bond acceptors (Lipinski definition) is 5. The van der Waals surface area contributed by atoms with E-state index in [1.54, 1.807) is 25.3 Å². The van der Waals surface area contributed by atoms with Gasteiger partial charge in [0, 0.05) is 5.56 Å². The van der Waals surface area contributed by atoms with Crippen molar-refractivity contribution < 1.29 is 13.9 Å². The highest BCUT2D eigenvalue weighted by atomic mass is 79.9. The SMILES string of the molecule is COc1ccc(/C=N/NC(=O)c2cc(-c3ccc(F)cc3)nc(=O)[nH]2)cc1Br. The molecule has 142 valence electrons. The molecule has 0 unspecified atom stereocenters. The molecule has 0 aliphatic carbocycles. The monoisotopic (exact) mass is 444 g/mol. The van der Waals surface area contributed by atoms with Crippen LogP contribution < -0.4 is 15.9 Å². The summed E-state index contributed by atoms with van der Waals surface area (Å²) in [6, 6.07) is 12.1. The average Bonchev–Trinajstić information content (AvgIpc) is 2.68. The number of amides is 1. The Morgan fingerprint density at radius 3 is 2.68 bits per heavy atom. The zero-order chi connectivity index (χ0) is 20.1. The molecule has 1 aromatic heterocycles. The minimum absolute atomic E-state index is 0.0209. The Morgan fingerprint density at radius 2 is 2.00 bits per heavy atom. The number of hydrogen-bond donors (Lipinski definition) is 2. The molecule has 1 amide bonds. The van der Waals surface area contributed by atoms with Gasteiger partial charge in [0.05, 0.1) is 23.5 Å². The molecular formula is C19H14BrFN4O3. The number of benzene rings is 2. The van der Waals surface area contributed by atoms with E-state index in [9.17, 15) is 14.0 Å². The minimum atomic E-state index is -0.699. The molecule has 0 saturated heterocycles. The van der Waals surface area contributed by atoms with Crippen LogP contribution >= 0.6 is 15.9 Å². The van der Waals surface area contributed by atoms with Gasteiger partial charge in [-0.2, -0.15) is 10.1 Å². The van der Waals surface area contributed by atoms with Crippen molar-refractivity contribution in [2.24, 2.45) is 5.10 Å². The summed E-state index contributed by atoms with van der Waals surface area (Å²) < 4.78 is 18.9. The molecule has 0 bridgehead atoms. The Balaban J connectivity index is 1.76. The summed E-state index contributed by atoms with van der Waals surface area (Å²) in [5.74, 6) is -0.360. The second kappa shape index (κ2) is 8.57. The fourth-order valence-electron chi connectivity index (χ4n) is 2.34. The first-order valence-corrected chi connectivity index (χ1v) is 8.80. The second-order valence-corrected chi connectivity index (χ2v) is 6.44. The van der Waals surface area contributed by atoms with Gasteiger partial charge in [0.2, 0.25) is 0 Å². The number of hydrazone groups is 1. The third-order valence-electron chi connectivity index (χ3n) is 3.68. The number of carbonyl (C=O) groups is 1. The molecule has 0 aliphatic heterocycles. The van der Waals surface area contributed by atoms with Gasteiger partial charge in [-0.1, -0.05) is 0 Å². The average molecular weight is 445 g/mol. The fourth-order valence-corrected chi connectivity index (χ4v) is 2.90. The summed E-state index contributed by atoms with van der Waals surface area (Å²) in [5.41, 5.74) is 3.10. The van der Waals surface area contributed by atoms with Crippen molar-refractivity contribution in [2.75, 3.05) is 7.11 Å². The Labute approximate surface area is 167 Å². The molecule has 3 rings (SSSR count). The highest BCUT2D eigenvalue weighted by Crippen LogP contribution is 2.24. The highest BCUT2D eigenvalue weighted by molar-refractivity contribution is 9.10. The number of H-pyrrole nitrogens is 1. The fraction of sp³-hybridized carbons (Fsp3) is 0.0526. The minimum Gasteiger partial charge on any atom is -0.496 e. The molecule has 9 heteroatoms. The van der Waals surface area contributed by atoms with Crippen LogP contribution in [0.5, 0.6) is 5.75 Å². The number of methoxy groups -OCH3 is 1. The molecule has 0 radical (unpaired) electrons. The van der Waals surface area contributed by atoms with Crippen molar-refractivity contribution in [3.05, 3.63) is 80.6 Å². The van der Waals surface area contributed by atoms with Crippen LogP contribution in [0.3, 0.4) is 0 Å². The summed E-state index contributed by atoms with van der Waals surface area (Å²) in [5, 5.41) is 3.88. The number of nitrogens with zero attached hydrogens (tertiary/aromatic N) is 2. The maximum Gasteiger partial charge on any atom is 0.346 e. The van der Waals surface area contributed by atoms with Crippen LogP contribution in [0.2, 0.25) is 0 Å². The first-order chi connectivity index (χ1) is 13.5. The summed E-state index contributed by atoms with van der Waals surface area (Å²) >= 11 is 3.36. The molecule has 2 N–H and O–H groups in total. The first kappa shape index (κ1) is 19.4. The molecule has 28 heavy (non-hydrogen) atoms. The number of carbonyl (C=O) groups excluding carboxylic acids is 1. The van der Waals surface area contributed by atoms with Crippen molar-refractivity contribution in [1.82, 2.24) is 15.4 Å². The Hall–Kier alpha value is -3.33. The van der Waals surface area contributed by atoms with Gasteiger partial charge >= 0.3 is 5.69 Å². The Bertz CT molecular complexity index is 1100. The lowest BCUT2D eigenvalue weighted by atomic mass is 10.1. The molecule has 0 fully saturated rings. The van der Waals surface area contributed by atoms with E-state index in [1.807, 2.05) is 0 Å². The molecule has 0 saturated carbocycles. The van der Waals surface area contributed by atoms with Crippen LogP contribution in [0.15, 0.2) is 62.9 Å². The van der Waals surface area contributed by atoms with Gasteiger partial charge in [-0.15, -0.1) is 0 Å². The third-order valence-corrected chi connectivity index (χ3v) is 4.30. The lowest BCUT2D eigenvalue weighted by Gasteiger charge is -2.04. The Morgan fingerprint density at radius 1 is 1.25 bits per heavy atom. The maximum atomic E-state index is 13.1. The standard InChI is InChI=1S/C19H14BrFN4O3/c1-28-17-7-2-11(8-14(17)20)10-22-25-18(26)16-9-15(23-19(27)24-16)12-3-5-13(21)6-4-12/h2-10H,1H3,(H,25,26)(H,23,24,27)/b22-10+. The third kappa shape index (κ3) is 4.68. The molecule has 2 aromatic carbocycles. The summed E-state index contributed by atoms with van der Waals surface area (Å²) in [6.07, 6.45) is 1.45. The van der Waals surface area contributed by atoms with E-state index < -0.39 is 17.4 Å². The quantitative estimate of drug-likeness (QED) is 0.466. The lowest BCUT2D eigenvalue weighted by molar-refractivity contribution is 0.0949. The lowest BCUT2D eigenvalue weighted by Crippen LogP contribution is -2.24. The van der Waals surface area contributed by atoms with Crippen LogP contribution in [-0.2, 0) is 0 Å². The van der Waals surface area contributed by atoms with Gasteiger partial charge in [-0.3, -0.25) is 4.79 Å². The van der Waals surface area contributed by atoms with E-state index >= 15 is 0 Å². The smallest absolute Gasteiger partial charge is 0.346 e. The second-order valence-electron chi connectivity index (χ2n) is 5.59. The number of aromatic amines is 1. The summed E-state index contributed by atoms with van der Waals surface area (Å²) in [6.45, 7) is 0. The molecule has 0 aliphatic rings. The molecular weight excluding hydrogens is 431 g/mol. The largest absolute Gasteiger partial charge is 0.496 e. The predicted octanol–water partition coefficient (Wildman–Crippen LogP) is 3.11. The van der Waals surface area contributed by atoms with E-state index in [0.717, 1.165) is 10.0 Å². The Kier molecular flexibility index (Phi) is 5.95. The maximum absolute atomic E-state index is 13.1. The van der Waals surface area contributed by atoms with Crippen molar-refractivity contribution in [2.45, 2.75) is 0 Å². The predicted molar refractivity (Wildman–Crippen MR) is 106 cm³/mol. The van der Waals surface area contributed by atoms with E-state index in [0.29, 0.717) is 11.3 Å². The summed E-state index contributed by atoms with van der Waals surface area (Å²) in [4.78, 5) is 30.2. The van der Waals surface area contributed by atoms with Gasteiger partial charge in [-0.05, 0) is 70.0 Å². The molecule has 7 nitrogen and oxygen atoms in total. The van der Waals surface area contributed by atoms with E-state index in [-0.39, 0.29) is 11.4 Å². The zero-order valence-corrected chi connectivity index (χ0v) is 16.2. The van der Waals surface area contributed by atoms with Crippen LogP contribution in [0, 0.1) is 5.82 Å². The van der Waals surface area contributed by atoms with Gasteiger partial charge in [0.15, 0.2) is 0 Å². The van der Waals surface area contributed by atoms with Crippen molar-refractivity contribution >= 4 is 28.1 Å². The van der Waals surface area contributed by atoms with E-state index in [4.69, 9.17) is 4.74 Å². The van der Waals surface area contributed by atoms with Crippen LogP contribution in [0.4, 0.5) is 4.39 Å². The number of aromatic nitrogens is 2. The molecule has 0 spiro atoms. The van der Waals surface area contributed by atoms with Crippen molar-refractivity contribution in [3.63, 3.8) is 0 Å². The van der Waals surface area contributed by atoms with E-state index in [2.05, 4.69) is 36.4 Å². The van der Waals surface area contributed by atoms with Gasteiger partial charge < -0.3 is 9.72 Å². The summed E-state index contributed by atoms with van der Waals surface area (Å²) in [7, 11) is 1.56. The first-order valence-electron chi connectivity index (χ1n) is 8.00. The highest BCUT2D eigenvalue weighted by Gasteiger charge is 2.10. The van der Waals surface area contributed by atoms with Crippen molar-refractivity contribution in [3.8, 4) is 17.0 Å². The van der Waals surface area contributed by atoms with Gasteiger partial charge in [0.1, 0.15) is 17.3 Å². The van der Waals surface area contributed by atoms with Crippen LogP contribution in [-0.4, -0.2) is 29.2 Å². The van der Waals surface area contributed by atoms with Crippen LogP contribution in [0.25, 0.3) is 11.3 Å². The van der Waals surface area contributed by atoms with Crippen molar-refractivity contribution in [1.29, 1.82) is 0 Å². The molecule has 1 heterocycles. The number of halogens is 2. The van der Waals surface area contributed by atoms with Crippen LogP contribution in [0.1, 0.15) is 16.1 Å². The normalized spacial score (nSPS) is 10.8. The number of ether oxygens (including phenoxy) is 1. The molecule has 0 atom stereocenters. The van der Waals surface area contributed by atoms with E-state index in [1.165, 1.54) is 36.5 Å². The number of nitrogens with one attached hydrogen (secondary N) is 2. The topological polar surface area (TPSA) is 96.4 Å². The molecule has 3 aromatic rings. The van der Waals surface area contributed by atoms with Gasteiger partial charge in [0.25, 0.3) is 5.91 Å². The van der Waals surface area contributed by atoms with Gasteiger partial charge in [-0.25, -0.2) is 14.6 Å². The number of rotatable bonds is 5.